The number of aliphatic hydroxyl groups is 1. The van der Waals surface area contributed by atoms with Gasteiger partial charge in [0.2, 0.25) is 0 Å². The maximum absolute atomic E-state index is 11.7. The van der Waals surface area contributed by atoms with E-state index in [0.717, 1.165) is 17.0 Å². The van der Waals surface area contributed by atoms with Crippen LogP contribution in [0.4, 0.5) is 0 Å². The van der Waals surface area contributed by atoms with Gasteiger partial charge in [-0.05, 0) is 34.6 Å². The summed E-state index contributed by atoms with van der Waals surface area (Å²) in [5.41, 5.74) is 2.89. The molecule has 6 heteroatoms. The van der Waals surface area contributed by atoms with E-state index in [1.54, 1.807) is 4.68 Å². The number of hydrogen-bond acceptors (Lipinski definition) is 5. The zero-order valence-electron chi connectivity index (χ0n) is 12.9. The lowest BCUT2D eigenvalue weighted by molar-refractivity contribution is -0.148. The minimum absolute atomic E-state index is 0.0306. The van der Waals surface area contributed by atoms with Crippen molar-refractivity contribution in [1.29, 1.82) is 0 Å². The Hall–Kier alpha value is -1.40. The third-order valence-electron chi connectivity index (χ3n) is 3.08. The van der Waals surface area contributed by atoms with Gasteiger partial charge in [-0.25, -0.2) is 0 Å². The average Bonchev–Trinajstić information content (AvgIpc) is 2.61. The quantitative estimate of drug-likeness (QED) is 0.728. The third-order valence-corrected chi connectivity index (χ3v) is 3.08. The normalized spacial score (nSPS) is 12.8. The first-order chi connectivity index (χ1) is 9.35. The molecule has 1 aromatic heterocycles. The van der Waals surface area contributed by atoms with Crippen molar-refractivity contribution in [2.75, 3.05) is 6.61 Å². The monoisotopic (exact) mass is 283 g/mol. The second-order valence-electron chi connectivity index (χ2n) is 5.31. The van der Waals surface area contributed by atoms with Crippen molar-refractivity contribution >= 4 is 5.97 Å². The van der Waals surface area contributed by atoms with E-state index in [1.807, 2.05) is 34.6 Å². The number of carbonyl (C=O) groups excluding carboxylic acids is 1. The van der Waals surface area contributed by atoms with Gasteiger partial charge >= 0.3 is 5.97 Å². The Labute approximate surface area is 120 Å². The molecule has 6 nitrogen and oxygen atoms in total. The lowest BCUT2D eigenvalue weighted by Crippen LogP contribution is -2.29. The smallest absolute Gasteiger partial charge is 0.328 e. The number of aromatic nitrogens is 2. The molecule has 0 radical (unpaired) electrons. The second kappa shape index (κ2) is 7.40. The summed E-state index contributed by atoms with van der Waals surface area (Å²) in [4.78, 5) is 11.7. The number of aliphatic hydroxyl groups excluding tert-OH is 1. The van der Waals surface area contributed by atoms with Crippen molar-refractivity contribution in [2.24, 2.45) is 0 Å². The van der Waals surface area contributed by atoms with E-state index < -0.39 is 0 Å². The minimum atomic E-state index is -0.283. The predicted molar refractivity (Wildman–Crippen MR) is 76.3 cm³/mol. The Kier molecular flexibility index (Phi) is 6.16. The highest BCUT2D eigenvalue weighted by molar-refractivity contribution is 5.69. The summed E-state index contributed by atoms with van der Waals surface area (Å²) in [5.74, 6) is -0.283. The fourth-order valence-electron chi connectivity index (χ4n) is 1.91. The van der Waals surface area contributed by atoms with Crippen LogP contribution in [0.2, 0.25) is 0 Å². The number of aryl methyl sites for hydroxylation is 1. The molecular formula is C14H25N3O3. The van der Waals surface area contributed by atoms with E-state index in [-0.39, 0.29) is 31.3 Å². The summed E-state index contributed by atoms with van der Waals surface area (Å²) < 4.78 is 6.79. The first-order valence-corrected chi connectivity index (χ1v) is 6.91. The standard InChI is InChI=1S/C14H25N3O3/c1-9(2)20-14(19)7-17-12(5)13(11(4)16-17)6-15-10(3)8-18/h9-10,15,18H,6-8H2,1-5H3/t10-/m1/s1. The summed E-state index contributed by atoms with van der Waals surface area (Å²) in [6, 6.07) is 0.0306. The topological polar surface area (TPSA) is 76.4 Å². The number of rotatable bonds is 7. The molecule has 0 aliphatic carbocycles. The van der Waals surface area contributed by atoms with Gasteiger partial charge in [-0.2, -0.15) is 5.10 Å². The van der Waals surface area contributed by atoms with Crippen LogP contribution in [0.3, 0.4) is 0 Å². The van der Waals surface area contributed by atoms with Crippen LogP contribution >= 0.6 is 0 Å². The Morgan fingerprint density at radius 1 is 1.40 bits per heavy atom. The van der Waals surface area contributed by atoms with Crippen LogP contribution < -0.4 is 5.32 Å². The van der Waals surface area contributed by atoms with Gasteiger partial charge in [-0.15, -0.1) is 0 Å². The first kappa shape index (κ1) is 16.7. The maximum Gasteiger partial charge on any atom is 0.328 e. The molecule has 0 aromatic carbocycles. The van der Waals surface area contributed by atoms with Crippen molar-refractivity contribution in [3.63, 3.8) is 0 Å². The molecule has 0 saturated heterocycles. The van der Waals surface area contributed by atoms with Crippen molar-refractivity contribution < 1.29 is 14.6 Å². The predicted octanol–water partition coefficient (Wildman–Crippen LogP) is 0.922. The lowest BCUT2D eigenvalue weighted by Gasteiger charge is -2.11. The van der Waals surface area contributed by atoms with Crippen LogP contribution in [0, 0.1) is 13.8 Å². The zero-order chi connectivity index (χ0) is 15.3. The molecule has 20 heavy (non-hydrogen) atoms. The molecule has 0 aliphatic heterocycles. The molecule has 0 bridgehead atoms. The molecule has 1 atom stereocenters. The van der Waals surface area contributed by atoms with Crippen molar-refractivity contribution in [2.45, 2.75) is 59.9 Å². The maximum atomic E-state index is 11.7. The van der Waals surface area contributed by atoms with Crippen LogP contribution in [-0.4, -0.2) is 39.6 Å². The number of hydrogen-bond donors (Lipinski definition) is 2. The Morgan fingerprint density at radius 3 is 2.60 bits per heavy atom. The summed E-state index contributed by atoms with van der Waals surface area (Å²) in [5, 5.41) is 16.6. The molecule has 0 fully saturated rings. The number of nitrogens with one attached hydrogen (secondary N) is 1. The summed E-state index contributed by atoms with van der Waals surface area (Å²) in [6.45, 7) is 10.2. The van der Waals surface area contributed by atoms with E-state index in [1.165, 1.54) is 0 Å². The number of ether oxygens (including phenoxy) is 1. The largest absolute Gasteiger partial charge is 0.462 e. The lowest BCUT2D eigenvalue weighted by atomic mass is 10.2. The van der Waals surface area contributed by atoms with Gasteiger partial charge in [0, 0.05) is 23.8 Å². The summed E-state index contributed by atoms with van der Waals surface area (Å²) in [6.07, 6.45) is -0.119. The molecule has 0 saturated carbocycles. The van der Waals surface area contributed by atoms with Crippen LogP contribution in [0.1, 0.15) is 37.7 Å². The highest BCUT2D eigenvalue weighted by Gasteiger charge is 2.15. The molecule has 0 spiro atoms. The molecule has 0 unspecified atom stereocenters. The van der Waals surface area contributed by atoms with E-state index in [9.17, 15) is 4.79 Å². The van der Waals surface area contributed by atoms with Crippen molar-refractivity contribution in [3.05, 3.63) is 17.0 Å². The van der Waals surface area contributed by atoms with Crippen LogP contribution in [0.15, 0.2) is 0 Å². The van der Waals surface area contributed by atoms with E-state index in [2.05, 4.69) is 10.4 Å². The van der Waals surface area contributed by atoms with Gasteiger partial charge in [-0.3, -0.25) is 9.48 Å². The fraction of sp³-hybridized carbons (Fsp3) is 0.714. The van der Waals surface area contributed by atoms with Crippen LogP contribution in [0.5, 0.6) is 0 Å². The Morgan fingerprint density at radius 2 is 2.05 bits per heavy atom. The Balaban J connectivity index is 2.73. The minimum Gasteiger partial charge on any atom is -0.462 e. The van der Waals surface area contributed by atoms with E-state index in [4.69, 9.17) is 9.84 Å². The SMILES string of the molecule is Cc1nn(CC(=O)OC(C)C)c(C)c1CN[C@H](C)CO. The van der Waals surface area contributed by atoms with E-state index in [0.29, 0.717) is 6.54 Å². The van der Waals surface area contributed by atoms with Gasteiger partial charge in [0.05, 0.1) is 18.4 Å². The highest BCUT2D eigenvalue weighted by atomic mass is 16.5. The van der Waals surface area contributed by atoms with Gasteiger partial charge in [-0.1, -0.05) is 0 Å². The summed E-state index contributed by atoms with van der Waals surface area (Å²) in [7, 11) is 0. The molecule has 0 amide bonds. The number of nitrogens with zero attached hydrogens (tertiary/aromatic N) is 2. The second-order valence-corrected chi connectivity index (χ2v) is 5.31. The van der Waals surface area contributed by atoms with Crippen molar-refractivity contribution in [3.8, 4) is 0 Å². The average molecular weight is 283 g/mol. The molecule has 2 N–H and O–H groups in total. The van der Waals surface area contributed by atoms with Crippen LogP contribution in [0.25, 0.3) is 0 Å². The van der Waals surface area contributed by atoms with Gasteiger partial charge in [0.1, 0.15) is 6.54 Å². The first-order valence-electron chi connectivity index (χ1n) is 6.91. The molecule has 1 heterocycles. The number of esters is 1. The van der Waals surface area contributed by atoms with Gasteiger partial charge < -0.3 is 15.2 Å². The molecule has 114 valence electrons. The van der Waals surface area contributed by atoms with Gasteiger partial charge in [0.15, 0.2) is 0 Å². The molecule has 1 aromatic rings. The summed E-state index contributed by atoms with van der Waals surface area (Å²) >= 11 is 0. The highest BCUT2D eigenvalue weighted by Crippen LogP contribution is 2.13. The fourth-order valence-corrected chi connectivity index (χ4v) is 1.91. The molecular weight excluding hydrogens is 258 g/mol. The van der Waals surface area contributed by atoms with Gasteiger partial charge in [0.25, 0.3) is 0 Å². The Bertz CT molecular complexity index is 455. The van der Waals surface area contributed by atoms with Crippen molar-refractivity contribution in [1.82, 2.24) is 15.1 Å². The van der Waals surface area contributed by atoms with E-state index >= 15 is 0 Å². The number of carbonyl (C=O) groups is 1. The molecule has 0 aliphatic rings. The molecule has 1 rings (SSSR count). The van der Waals surface area contributed by atoms with Crippen LogP contribution in [-0.2, 0) is 22.6 Å². The third kappa shape index (κ3) is 4.61. The zero-order valence-corrected chi connectivity index (χ0v) is 12.9.